The Morgan fingerprint density at radius 3 is 2.58 bits per heavy atom. The Balaban J connectivity index is 2.22. The highest BCUT2D eigenvalue weighted by atomic mass is 35.5. The van der Waals surface area contributed by atoms with Gasteiger partial charge >= 0.3 is 5.97 Å². The monoisotopic (exact) mass is 399 g/mol. The van der Waals surface area contributed by atoms with Crippen molar-refractivity contribution in [2.75, 3.05) is 13.7 Å². The molecule has 1 N–H and O–H groups in total. The lowest BCUT2D eigenvalue weighted by atomic mass is 10.2. The Morgan fingerprint density at radius 2 is 2.00 bits per heavy atom. The number of ether oxygens (including phenoxy) is 2. The maximum absolute atomic E-state index is 12.4. The molecule has 26 heavy (non-hydrogen) atoms. The molecule has 1 heterocycles. The molecule has 0 unspecified atom stereocenters. The average Bonchev–Trinajstić information content (AvgIpc) is 2.76. The van der Waals surface area contributed by atoms with Crippen molar-refractivity contribution in [3.05, 3.63) is 27.6 Å². The van der Waals surface area contributed by atoms with Crippen LogP contribution in [0.4, 0.5) is 4.79 Å². The van der Waals surface area contributed by atoms with Gasteiger partial charge in [-0.2, -0.15) is 0 Å². The molecule has 1 aromatic rings. The lowest BCUT2D eigenvalue weighted by Crippen LogP contribution is -2.37. The van der Waals surface area contributed by atoms with Crippen molar-refractivity contribution in [1.29, 1.82) is 0 Å². The van der Waals surface area contributed by atoms with Gasteiger partial charge in [-0.25, -0.2) is 0 Å². The summed E-state index contributed by atoms with van der Waals surface area (Å²) in [7, 11) is 1.36. The van der Waals surface area contributed by atoms with Gasteiger partial charge in [0.1, 0.15) is 12.1 Å². The molecule has 0 bridgehead atoms. The van der Waals surface area contributed by atoms with Crippen LogP contribution in [0.25, 0.3) is 6.08 Å². The van der Waals surface area contributed by atoms with Crippen LogP contribution < -0.4 is 4.74 Å². The average molecular weight is 400 g/mol. The predicted octanol–water partition coefficient (Wildman–Crippen LogP) is 3.43. The summed E-state index contributed by atoms with van der Waals surface area (Å²) in [6.45, 7) is 4.63. The number of hydrogen-bond donors (Lipinski definition) is 1. The summed E-state index contributed by atoms with van der Waals surface area (Å²) in [5.74, 6) is -1.36. The van der Waals surface area contributed by atoms with Crippen molar-refractivity contribution >= 4 is 46.6 Å². The number of amides is 2. The van der Waals surface area contributed by atoms with Crippen LogP contribution in [-0.2, 0) is 14.3 Å². The molecular formula is C17H18ClNO6S. The number of thioether (sulfide) groups is 1. The standard InChI is InChI=1S/C17H18ClNO6S/c1-17(2,3)25-13(20)8-19-15(22)12(26-16(19)23)7-9-5-10(18)14(21)11(6-9)24-4/h5-7,21H,8H2,1-4H3. The molecule has 9 heteroatoms. The number of benzene rings is 1. The van der Waals surface area contributed by atoms with Crippen LogP contribution in [0, 0.1) is 0 Å². The molecule has 1 fully saturated rings. The fourth-order valence-corrected chi connectivity index (χ4v) is 3.18. The number of phenols is 1. The van der Waals surface area contributed by atoms with Crippen molar-refractivity contribution in [3.63, 3.8) is 0 Å². The van der Waals surface area contributed by atoms with Crippen LogP contribution in [0.3, 0.4) is 0 Å². The van der Waals surface area contributed by atoms with Gasteiger partial charge in [0.15, 0.2) is 11.5 Å². The van der Waals surface area contributed by atoms with Gasteiger partial charge in [-0.1, -0.05) is 11.6 Å². The van der Waals surface area contributed by atoms with Crippen LogP contribution in [0.5, 0.6) is 11.5 Å². The van der Waals surface area contributed by atoms with Crippen LogP contribution in [-0.4, -0.2) is 46.4 Å². The Morgan fingerprint density at radius 1 is 1.35 bits per heavy atom. The smallest absolute Gasteiger partial charge is 0.326 e. The number of imide groups is 1. The number of nitrogens with zero attached hydrogens (tertiary/aromatic N) is 1. The third-order valence-electron chi connectivity index (χ3n) is 3.15. The zero-order valence-electron chi connectivity index (χ0n) is 14.7. The summed E-state index contributed by atoms with van der Waals surface area (Å²) in [6, 6.07) is 2.91. The third-order valence-corrected chi connectivity index (χ3v) is 4.34. The Kier molecular flexibility index (Phi) is 5.87. The van der Waals surface area contributed by atoms with E-state index in [1.165, 1.54) is 25.3 Å². The van der Waals surface area contributed by atoms with E-state index in [0.29, 0.717) is 17.3 Å². The van der Waals surface area contributed by atoms with Crippen molar-refractivity contribution in [2.24, 2.45) is 0 Å². The number of phenolic OH excluding ortho intramolecular Hbond substituents is 1. The summed E-state index contributed by atoms with van der Waals surface area (Å²) in [4.78, 5) is 37.3. The molecular weight excluding hydrogens is 382 g/mol. The molecule has 0 radical (unpaired) electrons. The summed E-state index contributed by atoms with van der Waals surface area (Å²) >= 11 is 6.62. The van der Waals surface area contributed by atoms with Gasteiger partial charge in [0, 0.05) is 0 Å². The Hall–Kier alpha value is -2.19. The van der Waals surface area contributed by atoms with Crippen LogP contribution in [0.15, 0.2) is 17.0 Å². The van der Waals surface area contributed by atoms with E-state index in [-0.39, 0.29) is 21.4 Å². The van der Waals surface area contributed by atoms with Gasteiger partial charge in [0.05, 0.1) is 17.0 Å². The van der Waals surface area contributed by atoms with Gasteiger partial charge in [-0.05, 0) is 56.3 Å². The molecule has 1 aliphatic rings. The first-order valence-corrected chi connectivity index (χ1v) is 8.75. The second-order valence-electron chi connectivity index (χ2n) is 6.41. The summed E-state index contributed by atoms with van der Waals surface area (Å²) < 4.78 is 10.1. The maximum Gasteiger partial charge on any atom is 0.326 e. The van der Waals surface area contributed by atoms with E-state index in [2.05, 4.69) is 0 Å². The number of rotatable bonds is 4. The van der Waals surface area contributed by atoms with E-state index >= 15 is 0 Å². The number of aromatic hydroxyl groups is 1. The van der Waals surface area contributed by atoms with E-state index < -0.39 is 29.3 Å². The molecule has 1 saturated heterocycles. The maximum atomic E-state index is 12.4. The molecule has 0 spiro atoms. The number of esters is 1. The highest BCUT2D eigenvalue weighted by Crippen LogP contribution is 2.37. The minimum absolute atomic E-state index is 0.0450. The zero-order valence-corrected chi connectivity index (χ0v) is 16.2. The van der Waals surface area contributed by atoms with E-state index in [4.69, 9.17) is 21.1 Å². The normalized spacial score (nSPS) is 16.3. The molecule has 7 nitrogen and oxygen atoms in total. The largest absolute Gasteiger partial charge is 0.503 e. The van der Waals surface area contributed by atoms with E-state index in [1.54, 1.807) is 20.8 Å². The minimum Gasteiger partial charge on any atom is -0.503 e. The van der Waals surface area contributed by atoms with Crippen LogP contribution in [0.2, 0.25) is 5.02 Å². The summed E-state index contributed by atoms with van der Waals surface area (Å²) in [5, 5.41) is 9.23. The quantitative estimate of drug-likeness (QED) is 0.612. The van der Waals surface area contributed by atoms with Gasteiger partial charge in [0.2, 0.25) is 0 Å². The molecule has 2 amide bonds. The Bertz CT molecular complexity index is 799. The summed E-state index contributed by atoms with van der Waals surface area (Å²) in [5.41, 5.74) is -0.249. The van der Waals surface area contributed by atoms with Crippen LogP contribution >= 0.6 is 23.4 Å². The van der Waals surface area contributed by atoms with Crippen molar-refractivity contribution < 1.29 is 29.0 Å². The van der Waals surface area contributed by atoms with Crippen molar-refractivity contribution in [2.45, 2.75) is 26.4 Å². The first-order chi connectivity index (χ1) is 12.0. The topological polar surface area (TPSA) is 93.1 Å². The van der Waals surface area contributed by atoms with Crippen LogP contribution in [0.1, 0.15) is 26.3 Å². The fourth-order valence-electron chi connectivity index (χ4n) is 2.12. The Labute approximate surface area is 159 Å². The first-order valence-electron chi connectivity index (χ1n) is 7.55. The lowest BCUT2D eigenvalue weighted by Gasteiger charge is -2.21. The number of carbonyl (C=O) groups excluding carboxylic acids is 3. The molecule has 0 aromatic heterocycles. The molecule has 0 atom stereocenters. The van der Waals surface area contributed by atoms with Crippen molar-refractivity contribution in [1.82, 2.24) is 4.90 Å². The molecule has 2 rings (SSSR count). The lowest BCUT2D eigenvalue weighted by molar-refractivity contribution is -0.156. The van der Waals surface area contributed by atoms with E-state index in [1.807, 2.05) is 0 Å². The minimum atomic E-state index is -0.714. The molecule has 0 saturated carbocycles. The van der Waals surface area contributed by atoms with Gasteiger partial charge in [-0.3, -0.25) is 19.3 Å². The summed E-state index contributed by atoms with van der Waals surface area (Å²) in [6.07, 6.45) is 1.44. The van der Waals surface area contributed by atoms with Gasteiger partial charge in [0.25, 0.3) is 11.1 Å². The molecule has 0 aliphatic carbocycles. The number of halogens is 1. The molecule has 1 aromatic carbocycles. The molecule has 1 aliphatic heterocycles. The highest BCUT2D eigenvalue weighted by Gasteiger charge is 2.37. The predicted molar refractivity (Wildman–Crippen MR) is 98.2 cm³/mol. The highest BCUT2D eigenvalue weighted by molar-refractivity contribution is 8.18. The second kappa shape index (κ2) is 7.59. The fraction of sp³-hybridized carbons (Fsp3) is 0.353. The number of hydrogen-bond acceptors (Lipinski definition) is 7. The third kappa shape index (κ3) is 4.70. The van der Waals surface area contributed by atoms with E-state index in [9.17, 15) is 19.5 Å². The number of carbonyl (C=O) groups is 3. The van der Waals surface area contributed by atoms with Crippen molar-refractivity contribution in [3.8, 4) is 11.5 Å². The zero-order chi connectivity index (χ0) is 19.6. The molecule has 140 valence electrons. The van der Waals surface area contributed by atoms with E-state index in [0.717, 1.165) is 4.90 Å². The van der Waals surface area contributed by atoms with Gasteiger partial charge in [-0.15, -0.1) is 0 Å². The van der Waals surface area contributed by atoms with Gasteiger partial charge < -0.3 is 14.6 Å². The number of methoxy groups -OCH3 is 1. The first kappa shape index (κ1) is 20.1. The second-order valence-corrected chi connectivity index (χ2v) is 7.81. The SMILES string of the molecule is COc1cc(C=C2SC(=O)N(CC(=O)OC(C)(C)C)C2=O)cc(Cl)c1O.